The number of aliphatic hydroxyl groups is 2. The average molecular weight is 402 g/mol. The molecule has 29 heavy (non-hydrogen) atoms. The zero-order chi connectivity index (χ0) is 20.4. The van der Waals surface area contributed by atoms with E-state index in [4.69, 9.17) is 23.7 Å². The Morgan fingerprint density at radius 3 is 2.28 bits per heavy atom. The molecule has 7 nitrogen and oxygen atoms in total. The molecule has 0 bridgehead atoms. The molecule has 2 aliphatic rings. The molecule has 156 valence electrons. The number of benzene rings is 2. The minimum Gasteiger partial charge on any atom is -0.491 e. The number of aliphatic hydroxyl groups excluding tert-OH is 2. The minimum atomic E-state index is -1.03. The molecule has 0 aromatic heterocycles. The Kier molecular flexibility index (Phi) is 5.76. The molecule has 7 heteroatoms. The van der Waals surface area contributed by atoms with Gasteiger partial charge in [0.15, 0.2) is 12.1 Å². The molecule has 2 aromatic rings. The molecule has 0 saturated carbocycles. The van der Waals surface area contributed by atoms with Gasteiger partial charge in [0.25, 0.3) is 0 Å². The molecule has 0 unspecified atom stereocenters. The Morgan fingerprint density at radius 2 is 1.62 bits per heavy atom. The molecule has 2 N–H and O–H groups in total. The van der Waals surface area contributed by atoms with Crippen molar-refractivity contribution in [2.75, 3.05) is 6.61 Å². The van der Waals surface area contributed by atoms with Gasteiger partial charge in [0.2, 0.25) is 0 Å². The lowest BCUT2D eigenvalue weighted by Gasteiger charge is -2.25. The molecule has 2 fully saturated rings. The van der Waals surface area contributed by atoms with Crippen LogP contribution in [0.15, 0.2) is 54.6 Å². The van der Waals surface area contributed by atoms with E-state index >= 15 is 0 Å². The molecule has 4 rings (SSSR count). The second-order valence-corrected chi connectivity index (χ2v) is 7.68. The summed E-state index contributed by atoms with van der Waals surface area (Å²) in [5, 5.41) is 20.8. The lowest BCUT2D eigenvalue weighted by molar-refractivity contribution is -0.227. The van der Waals surface area contributed by atoms with Gasteiger partial charge < -0.3 is 33.9 Å². The quantitative estimate of drug-likeness (QED) is 0.735. The van der Waals surface area contributed by atoms with E-state index in [9.17, 15) is 10.2 Å². The highest BCUT2D eigenvalue weighted by Crippen LogP contribution is 2.38. The third kappa shape index (κ3) is 4.71. The van der Waals surface area contributed by atoms with Crippen molar-refractivity contribution in [1.29, 1.82) is 0 Å². The minimum absolute atomic E-state index is 0.0330. The van der Waals surface area contributed by atoms with Crippen molar-refractivity contribution in [2.24, 2.45) is 0 Å². The lowest BCUT2D eigenvalue weighted by Crippen LogP contribution is -2.43. The van der Waals surface area contributed by atoms with Gasteiger partial charge in [0, 0.05) is 0 Å². The maximum atomic E-state index is 10.4. The van der Waals surface area contributed by atoms with E-state index in [-0.39, 0.29) is 6.61 Å². The van der Waals surface area contributed by atoms with Crippen molar-refractivity contribution in [3.05, 3.63) is 60.2 Å². The highest BCUT2D eigenvalue weighted by atomic mass is 16.8. The summed E-state index contributed by atoms with van der Waals surface area (Å²) in [4.78, 5) is 0. The standard InChI is InChI=1S/C22H26O7/c1-22(2)28-20-18(24)19(27-21(20)29-22)17(23)13-26-16-10-8-15(9-11-16)25-12-14-6-4-3-5-7-14/h3-11,17-21,23-24H,12-13H2,1-2H3/t17-,18+,19-,20-,21-/m1/s1. The van der Waals surface area contributed by atoms with Crippen LogP contribution in [-0.2, 0) is 20.8 Å². The molecule has 0 spiro atoms. The van der Waals surface area contributed by atoms with E-state index in [1.54, 1.807) is 38.1 Å². The smallest absolute Gasteiger partial charge is 0.190 e. The number of hydrogen-bond donors (Lipinski definition) is 2. The monoisotopic (exact) mass is 402 g/mol. The summed E-state index contributed by atoms with van der Waals surface area (Å²) in [6.45, 7) is 3.96. The first-order chi connectivity index (χ1) is 13.9. The summed E-state index contributed by atoms with van der Waals surface area (Å²) in [6, 6.07) is 17.1. The van der Waals surface area contributed by atoms with Gasteiger partial charge in [0.05, 0.1) is 0 Å². The fourth-order valence-corrected chi connectivity index (χ4v) is 3.48. The van der Waals surface area contributed by atoms with Gasteiger partial charge >= 0.3 is 0 Å². The van der Waals surface area contributed by atoms with Crippen molar-refractivity contribution in [1.82, 2.24) is 0 Å². The van der Waals surface area contributed by atoms with Crippen LogP contribution in [0.5, 0.6) is 11.5 Å². The fourth-order valence-electron chi connectivity index (χ4n) is 3.48. The van der Waals surface area contributed by atoms with Gasteiger partial charge in [-0.1, -0.05) is 30.3 Å². The number of hydrogen-bond acceptors (Lipinski definition) is 7. The highest BCUT2D eigenvalue weighted by molar-refractivity contribution is 5.31. The van der Waals surface area contributed by atoms with Gasteiger partial charge in [0.1, 0.15) is 49.1 Å². The van der Waals surface area contributed by atoms with Crippen LogP contribution in [0.3, 0.4) is 0 Å². The van der Waals surface area contributed by atoms with Crippen molar-refractivity contribution in [2.45, 2.75) is 56.9 Å². The molecule has 2 aliphatic heterocycles. The Balaban J connectivity index is 1.25. The van der Waals surface area contributed by atoms with Gasteiger partial charge in [-0.05, 0) is 43.7 Å². The van der Waals surface area contributed by atoms with Gasteiger partial charge in [-0.2, -0.15) is 0 Å². The van der Waals surface area contributed by atoms with Gasteiger partial charge in [-0.25, -0.2) is 0 Å². The van der Waals surface area contributed by atoms with Crippen LogP contribution in [0.1, 0.15) is 19.4 Å². The summed E-state index contributed by atoms with van der Waals surface area (Å²) in [6.07, 6.45) is -4.17. The molecule has 0 aliphatic carbocycles. The van der Waals surface area contributed by atoms with Crippen molar-refractivity contribution in [3.8, 4) is 11.5 Å². The van der Waals surface area contributed by atoms with Crippen LogP contribution in [0.2, 0.25) is 0 Å². The maximum Gasteiger partial charge on any atom is 0.190 e. The Morgan fingerprint density at radius 1 is 0.966 bits per heavy atom. The van der Waals surface area contributed by atoms with E-state index in [1.807, 2.05) is 30.3 Å². The first kappa shape index (κ1) is 20.1. The van der Waals surface area contributed by atoms with Crippen LogP contribution in [-0.4, -0.2) is 53.3 Å². The first-order valence-corrected chi connectivity index (χ1v) is 9.68. The maximum absolute atomic E-state index is 10.4. The molecule has 2 aromatic carbocycles. The average Bonchev–Trinajstić information content (AvgIpc) is 3.18. The normalized spacial score (nSPS) is 28.7. The summed E-state index contributed by atoms with van der Waals surface area (Å²) < 4.78 is 28.2. The number of rotatable bonds is 7. The van der Waals surface area contributed by atoms with Crippen LogP contribution >= 0.6 is 0 Å². The SMILES string of the molecule is CC1(C)O[C@H]2O[C@H]([C@H](O)COc3ccc(OCc4ccccc4)cc3)[C@H](O)[C@H]2O1. The fraction of sp³-hybridized carbons (Fsp3) is 0.455. The molecule has 2 heterocycles. The molecule has 2 saturated heterocycles. The number of fused-ring (bicyclic) bond motifs is 1. The van der Waals surface area contributed by atoms with E-state index in [0.717, 1.165) is 11.3 Å². The summed E-state index contributed by atoms with van der Waals surface area (Å²) in [5.74, 6) is 0.492. The predicted molar refractivity (Wildman–Crippen MR) is 103 cm³/mol. The van der Waals surface area contributed by atoms with Gasteiger partial charge in [-0.3, -0.25) is 0 Å². The topological polar surface area (TPSA) is 86.6 Å². The van der Waals surface area contributed by atoms with Gasteiger partial charge in [-0.15, -0.1) is 0 Å². The van der Waals surface area contributed by atoms with Crippen molar-refractivity contribution < 1.29 is 33.9 Å². The third-order valence-electron chi connectivity index (χ3n) is 4.92. The number of ether oxygens (including phenoxy) is 5. The Labute approximate surface area is 169 Å². The van der Waals surface area contributed by atoms with Crippen LogP contribution < -0.4 is 9.47 Å². The molecular weight excluding hydrogens is 376 g/mol. The predicted octanol–water partition coefficient (Wildman–Crippen LogP) is 2.24. The summed E-state index contributed by atoms with van der Waals surface area (Å²) in [7, 11) is 0. The second kappa shape index (κ2) is 8.30. The van der Waals surface area contributed by atoms with E-state index in [1.165, 1.54) is 0 Å². The van der Waals surface area contributed by atoms with E-state index < -0.39 is 36.5 Å². The zero-order valence-corrected chi connectivity index (χ0v) is 16.4. The first-order valence-electron chi connectivity index (χ1n) is 9.68. The van der Waals surface area contributed by atoms with Crippen LogP contribution in [0.25, 0.3) is 0 Å². The van der Waals surface area contributed by atoms with Crippen molar-refractivity contribution in [3.63, 3.8) is 0 Å². The summed E-state index contributed by atoms with van der Waals surface area (Å²) >= 11 is 0. The zero-order valence-electron chi connectivity index (χ0n) is 16.4. The molecular formula is C22H26O7. The van der Waals surface area contributed by atoms with Crippen molar-refractivity contribution >= 4 is 0 Å². The second-order valence-electron chi connectivity index (χ2n) is 7.68. The van der Waals surface area contributed by atoms with E-state index in [0.29, 0.717) is 12.4 Å². The van der Waals surface area contributed by atoms with E-state index in [2.05, 4.69) is 0 Å². The Bertz CT molecular complexity index is 793. The third-order valence-corrected chi connectivity index (χ3v) is 4.92. The largest absolute Gasteiger partial charge is 0.491 e. The summed E-state index contributed by atoms with van der Waals surface area (Å²) in [5.41, 5.74) is 1.09. The van der Waals surface area contributed by atoms with Crippen LogP contribution in [0.4, 0.5) is 0 Å². The molecule has 0 amide bonds. The lowest BCUT2D eigenvalue weighted by atomic mass is 10.1. The molecule has 5 atom stereocenters. The Hall–Kier alpha value is -2.16. The highest BCUT2D eigenvalue weighted by Gasteiger charge is 2.55. The molecule has 0 radical (unpaired) electrons. The van der Waals surface area contributed by atoms with Crippen LogP contribution in [0, 0.1) is 0 Å².